The highest BCUT2D eigenvalue weighted by atomic mass is 127. The van der Waals surface area contributed by atoms with Crippen molar-refractivity contribution in [3.8, 4) is 0 Å². The van der Waals surface area contributed by atoms with Crippen LogP contribution in [0.25, 0.3) is 0 Å². The normalized spacial score (nSPS) is 16.3. The Hall–Kier alpha value is -1.13. The van der Waals surface area contributed by atoms with E-state index in [9.17, 15) is 5.11 Å². The molecule has 8 heteroatoms. The number of pyridine rings is 1. The zero-order valence-electron chi connectivity index (χ0n) is 18.2. The summed E-state index contributed by atoms with van der Waals surface area (Å²) >= 11 is 0. The van der Waals surface area contributed by atoms with E-state index in [2.05, 4.69) is 52.4 Å². The topological polar surface area (TPSA) is 76.0 Å². The summed E-state index contributed by atoms with van der Waals surface area (Å²) in [7, 11) is 2.16. The largest absolute Gasteiger partial charge is 0.396 e. The number of hydrogen-bond donors (Lipinski definition) is 3. The third-order valence-corrected chi connectivity index (χ3v) is 5.21. The van der Waals surface area contributed by atoms with Crippen molar-refractivity contribution in [1.82, 2.24) is 20.5 Å². The summed E-state index contributed by atoms with van der Waals surface area (Å²) in [4.78, 5) is 14.2. The molecule has 1 atom stereocenters. The molecule has 0 amide bonds. The van der Waals surface area contributed by atoms with Crippen molar-refractivity contribution < 1.29 is 5.11 Å². The number of nitrogens with one attached hydrogen (secondary N) is 2. The molecule has 1 fully saturated rings. The summed E-state index contributed by atoms with van der Waals surface area (Å²) in [6.45, 7) is 10.9. The van der Waals surface area contributed by atoms with E-state index in [0.717, 1.165) is 75.9 Å². The monoisotopic (exact) mass is 518 g/mol. The van der Waals surface area contributed by atoms with Crippen LogP contribution in [-0.2, 0) is 6.54 Å². The predicted molar refractivity (Wildman–Crippen MR) is 132 cm³/mol. The maximum atomic E-state index is 9.27. The first-order valence-corrected chi connectivity index (χ1v) is 10.7. The average molecular weight is 518 g/mol. The number of aromatic nitrogens is 1. The smallest absolute Gasteiger partial charge is 0.191 e. The second kappa shape index (κ2) is 14.8. The summed E-state index contributed by atoms with van der Waals surface area (Å²) < 4.78 is 0. The van der Waals surface area contributed by atoms with Gasteiger partial charge in [-0.3, -0.25) is 0 Å². The van der Waals surface area contributed by atoms with Crippen LogP contribution in [0.15, 0.2) is 23.3 Å². The minimum Gasteiger partial charge on any atom is -0.396 e. The number of anilines is 1. The SMILES string of the molecule is CCCC(CCO)CNC(=NCc1cccnc1N1CCN(C)CC1)NCC.I. The highest BCUT2D eigenvalue weighted by Gasteiger charge is 2.18. The van der Waals surface area contributed by atoms with Gasteiger partial charge in [-0.05, 0) is 38.8 Å². The van der Waals surface area contributed by atoms with E-state index in [1.165, 1.54) is 0 Å². The molecule has 7 nitrogen and oxygen atoms in total. The third-order valence-electron chi connectivity index (χ3n) is 5.21. The maximum Gasteiger partial charge on any atom is 0.191 e. The van der Waals surface area contributed by atoms with Gasteiger partial charge in [0.05, 0.1) is 6.54 Å². The molecule has 1 aliphatic heterocycles. The lowest BCUT2D eigenvalue weighted by molar-refractivity contribution is 0.251. The van der Waals surface area contributed by atoms with Crippen LogP contribution in [-0.4, -0.2) is 73.9 Å². The number of guanidine groups is 1. The van der Waals surface area contributed by atoms with Gasteiger partial charge in [0.2, 0.25) is 0 Å². The van der Waals surface area contributed by atoms with Crippen molar-refractivity contribution in [3.63, 3.8) is 0 Å². The fourth-order valence-corrected chi connectivity index (χ4v) is 3.54. The first kappa shape index (κ1) is 25.9. The van der Waals surface area contributed by atoms with Gasteiger partial charge in [0, 0.05) is 57.6 Å². The molecule has 0 aliphatic carbocycles. The highest BCUT2D eigenvalue weighted by Crippen LogP contribution is 2.19. The first-order chi connectivity index (χ1) is 13.7. The number of piperazine rings is 1. The second-order valence-electron chi connectivity index (χ2n) is 7.52. The number of likely N-dealkylation sites (N-methyl/N-ethyl adjacent to an activating group) is 1. The minimum absolute atomic E-state index is 0. The Morgan fingerprint density at radius 1 is 1.21 bits per heavy atom. The van der Waals surface area contributed by atoms with Gasteiger partial charge in [0.1, 0.15) is 5.82 Å². The molecule has 1 aromatic heterocycles. The van der Waals surface area contributed by atoms with Crippen molar-refractivity contribution in [2.75, 3.05) is 57.8 Å². The number of halogens is 1. The van der Waals surface area contributed by atoms with E-state index in [1.54, 1.807) is 0 Å². The van der Waals surface area contributed by atoms with Gasteiger partial charge in [-0.2, -0.15) is 0 Å². The zero-order chi connectivity index (χ0) is 20.2. The van der Waals surface area contributed by atoms with Crippen molar-refractivity contribution in [2.45, 2.75) is 39.7 Å². The van der Waals surface area contributed by atoms with Crippen LogP contribution in [0.1, 0.15) is 38.7 Å². The van der Waals surface area contributed by atoms with Gasteiger partial charge in [0.15, 0.2) is 5.96 Å². The maximum absolute atomic E-state index is 9.27. The molecule has 0 radical (unpaired) electrons. The molecule has 1 aromatic rings. The molecule has 166 valence electrons. The van der Waals surface area contributed by atoms with Crippen LogP contribution in [0, 0.1) is 5.92 Å². The first-order valence-electron chi connectivity index (χ1n) is 10.7. The van der Waals surface area contributed by atoms with Gasteiger partial charge >= 0.3 is 0 Å². The van der Waals surface area contributed by atoms with Crippen LogP contribution in [0.3, 0.4) is 0 Å². The van der Waals surface area contributed by atoms with Gasteiger partial charge in [-0.15, -0.1) is 24.0 Å². The lowest BCUT2D eigenvalue weighted by Gasteiger charge is -2.34. The number of aliphatic hydroxyl groups excluding tert-OH is 1. The Kier molecular flexibility index (Phi) is 13.2. The van der Waals surface area contributed by atoms with Crippen LogP contribution in [0.5, 0.6) is 0 Å². The summed E-state index contributed by atoms with van der Waals surface area (Å²) in [6, 6.07) is 4.11. The number of hydrogen-bond acceptors (Lipinski definition) is 5. The summed E-state index contributed by atoms with van der Waals surface area (Å²) in [5.41, 5.74) is 1.16. The molecule has 2 rings (SSSR count). The standard InChI is InChI=1S/C21H38N6O.HI/c1-4-7-18(9-15-28)16-24-21(22-5-2)25-17-19-8-6-10-23-20(19)27-13-11-26(3)12-14-27;/h6,8,10,18,28H,4-5,7,9,11-17H2,1-3H3,(H2,22,24,25);1H. The number of rotatable bonds is 10. The summed E-state index contributed by atoms with van der Waals surface area (Å²) in [6.07, 6.45) is 4.94. The molecule has 1 unspecified atom stereocenters. The lowest BCUT2D eigenvalue weighted by atomic mass is 10.0. The van der Waals surface area contributed by atoms with Crippen molar-refractivity contribution >= 4 is 35.8 Å². The summed E-state index contributed by atoms with van der Waals surface area (Å²) in [5.74, 6) is 2.35. The van der Waals surface area contributed by atoms with Gasteiger partial charge in [-0.1, -0.05) is 19.4 Å². The molecule has 1 aliphatic rings. The van der Waals surface area contributed by atoms with Crippen LogP contribution >= 0.6 is 24.0 Å². The van der Waals surface area contributed by atoms with E-state index in [1.807, 2.05) is 12.3 Å². The Bertz CT molecular complexity index is 586. The van der Waals surface area contributed by atoms with E-state index in [-0.39, 0.29) is 30.6 Å². The average Bonchev–Trinajstić information content (AvgIpc) is 2.71. The molecular weight excluding hydrogens is 479 g/mol. The van der Waals surface area contributed by atoms with Crippen LogP contribution < -0.4 is 15.5 Å². The van der Waals surface area contributed by atoms with Crippen LogP contribution in [0.4, 0.5) is 5.82 Å². The molecule has 0 bridgehead atoms. The highest BCUT2D eigenvalue weighted by molar-refractivity contribution is 14.0. The Morgan fingerprint density at radius 3 is 2.62 bits per heavy atom. The number of aliphatic hydroxyl groups is 1. The molecule has 3 N–H and O–H groups in total. The lowest BCUT2D eigenvalue weighted by Crippen LogP contribution is -2.45. The fraction of sp³-hybridized carbons (Fsp3) is 0.714. The van der Waals surface area contributed by atoms with E-state index in [0.29, 0.717) is 12.5 Å². The second-order valence-corrected chi connectivity index (χ2v) is 7.52. The minimum atomic E-state index is 0. The van der Waals surface area contributed by atoms with E-state index >= 15 is 0 Å². The van der Waals surface area contributed by atoms with Crippen molar-refractivity contribution in [2.24, 2.45) is 10.9 Å². The third kappa shape index (κ3) is 9.04. The molecule has 0 saturated carbocycles. The molecule has 1 saturated heterocycles. The number of nitrogens with zero attached hydrogens (tertiary/aromatic N) is 4. The predicted octanol–water partition coefficient (Wildman–Crippen LogP) is 2.31. The quantitative estimate of drug-likeness (QED) is 0.251. The van der Waals surface area contributed by atoms with Crippen LogP contribution in [0.2, 0.25) is 0 Å². The van der Waals surface area contributed by atoms with Gasteiger partial charge < -0.3 is 25.5 Å². The fourth-order valence-electron chi connectivity index (χ4n) is 3.54. The van der Waals surface area contributed by atoms with Gasteiger partial charge in [-0.25, -0.2) is 9.98 Å². The number of aliphatic imine (C=N–C) groups is 1. The molecule has 29 heavy (non-hydrogen) atoms. The molecule has 0 aromatic carbocycles. The molecular formula is C21H39IN6O. The van der Waals surface area contributed by atoms with E-state index < -0.39 is 0 Å². The Labute approximate surface area is 193 Å². The van der Waals surface area contributed by atoms with Gasteiger partial charge in [0.25, 0.3) is 0 Å². The molecule has 0 spiro atoms. The van der Waals surface area contributed by atoms with Crippen molar-refractivity contribution in [1.29, 1.82) is 0 Å². The van der Waals surface area contributed by atoms with Crippen molar-refractivity contribution in [3.05, 3.63) is 23.9 Å². The Morgan fingerprint density at radius 2 is 1.97 bits per heavy atom. The molecule has 2 heterocycles. The summed E-state index contributed by atoms with van der Waals surface area (Å²) in [5, 5.41) is 16.1. The Balaban J connectivity index is 0.00000420. The zero-order valence-corrected chi connectivity index (χ0v) is 20.6. The van der Waals surface area contributed by atoms with E-state index in [4.69, 9.17) is 4.99 Å².